The lowest BCUT2D eigenvalue weighted by Gasteiger charge is -2.37. The number of piperazine rings is 1. The highest BCUT2D eigenvalue weighted by Crippen LogP contribution is 2.13. The van der Waals surface area contributed by atoms with Gasteiger partial charge in [-0.25, -0.2) is 18.4 Å². The maximum atomic E-state index is 11.4. The zero-order valence-corrected chi connectivity index (χ0v) is 20.6. The topological polar surface area (TPSA) is 77.9 Å². The van der Waals surface area contributed by atoms with Crippen LogP contribution in [0.15, 0.2) is 53.7 Å². The highest BCUT2D eigenvalue weighted by atomic mass is 127. The molecular formula is C21H30IN5O2S. The van der Waals surface area contributed by atoms with Crippen LogP contribution in [0.3, 0.4) is 0 Å². The van der Waals surface area contributed by atoms with Crippen molar-refractivity contribution in [2.75, 3.05) is 43.9 Å². The van der Waals surface area contributed by atoms with E-state index < -0.39 is 9.84 Å². The van der Waals surface area contributed by atoms with E-state index in [1.54, 1.807) is 0 Å². The van der Waals surface area contributed by atoms with Gasteiger partial charge in [0.15, 0.2) is 15.8 Å². The molecule has 1 aromatic heterocycles. The number of rotatable bonds is 6. The van der Waals surface area contributed by atoms with Crippen molar-refractivity contribution in [1.29, 1.82) is 0 Å². The second kappa shape index (κ2) is 11.5. The molecule has 0 bridgehead atoms. The maximum absolute atomic E-state index is 11.4. The average molecular weight is 543 g/mol. The monoisotopic (exact) mass is 543 g/mol. The molecule has 0 spiro atoms. The molecule has 2 aromatic rings. The number of hydrogen-bond acceptors (Lipinski definition) is 5. The Balaban J connectivity index is 0.00000320. The lowest BCUT2D eigenvalue weighted by atomic mass is 10.1. The third kappa shape index (κ3) is 7.42. The molecule has 0 saturated carbocycles. The first-order chi connectivity index (χ1) is 13.9. The zero-order valence-electron chi connectivity index (χ0n) is 17.5. The fraction of sp³-hybridized carbons (Fsp3) is 0.429. The zero-order chi connectivity index (χ0) is 20.7. The van der Waals surface area contributed by atoms with E-state index in [1.807, 2.05) is 48.7 Å². The molecule has 9 heteroatoms. The van der Waals surface area contributed by atoms with E-state index in [0.717, 1.165) is 55.6 Å². The van der Waals surface area contributed by atoms with Gasteiger partial charge in [0.2, 0.25) is 0 Å². The molecule has 0 radical (unpaired) electrons. The summed E-state index contributed by atoms with van der Waals surface area (Å²) in [6.07, 6.45) is 3.08. The number of hydrogen-bond donors (Lipinski definition) is 1. The van der Waals surface area contributed by atoms with Crippen LogP contribution < -0.4 is 10.2 Å². The van der Waals surface area contributed by atoms with Crippen LogP contribution >= 0.6 is 24.0 Å². The van der Waals surface area contributed by atoms with Gasteiger partial charge in [-0.2, -0.15) is 0 Å². The molecule has 1 aromatic carbocycles. The molecule has 0 amide bonds. The quantitative estimate of drug-likeness (QED) is 0.343. The minimum Gasteiger partial charge on any atom is -0.357 e. The molecule has 1 fully saturated rings. The van der Waals surface area contributed by atoms with Gasteiger partial charge in [0.25, 0.3) is 0 Å². The Morgan fingerprint density at radius 1 is 1.07 bits per heavy atom. The molecule has 3 rings (SSSR count). The van der Waals surface area contributed by atoms with Crippen LogP contribution in [0.25, 0.3) is 0 Å². The summed E-state index contributed by atoms with van der Waals surface area (Å²) in [7, 11) is -3.01. The standard InChI is InChI=1S/C21H29N5O2S.HI/c1-3-22-21(24-16-18-7-9-19(10-8-18)17-29(2,27)28)26-14-12-25(13-15-26)20-6-4-5-11-23-20;/h4-11H,3,12-17H2,1-2H3,(H,22,24);1H. The van der Waals surface area contributed by atoms with E-state index >= 15 is 0 Å². The number of sulfone groups is 1. The number of pyridine rings is 1. The van der Waals surface area contributed by atoms with Gasteiger partial charge in [-0.1, -0.05) is 30.3 Å². The molecule has 1 N–H and O–H groups in total. The number of anilines is 1. The van der Waals surface area contributed by atoms with E-state index in [1.165, 1.54) is 6.26 Å². The Morgan fingerprint density at radius 2 is 1.73 bits per heavy atom. The molecule has 2 heterocycles. The third-order valence-corrected chi connectivity index (χ3v) is 5.61. The van der Waals surface area contributed by atoms with Crippen LogP contribution in [-0.2, 0) is 22.1 Å². The molecule has 0 aliphatic carbocycles. The average Bonchev–Trinajstić information content (AvgIpc) is 2.72. The minimum absolute atomic E-state index is 0. The molecule has 30 heavy (non-hydrogen) atoms. The Bertz CT molecular complexity index is 912. The summed E-state index contributed by atoms with van der Waals surface area (Å²) in [4.78, 5) is 13.8. The van der Waals surface area contributed by atoms with Crippen molar-refractivity contribution in [3.63, 3.8) is 0 Å². The molecule has 7 nitrogen and oxygen atoms in total. The van der Waals surface area contributed by atoms with Crippen LogP contribution in [0, 0.1) is 0 Å². The van der Waals surface area contributed by atoms with Crippen molar-refractivity contribution < 1.29 is 8.42 Å². The van der Waals surface area contributed by atoms with E-state index in [9.17, 15) is 8.42 Å². The van der Waals surface area contributed by atoms with Crippen molar-refractivity contribution in [3.05, 3.63) is 59.8 Å². The maximum Gasteiger partial charge on any atom is 0.194 e. The van der Waals surface area contributed by atoms with E-state index in [-0.39, 0.29) is 29.7 Å². The molecule has 164 valence electrons. The highest BCUT2D eigenvalue weighted by Gasteiger charge is 2.20. The number of nitrogens with one attached hydrogen (secondary N) is 1. The summed E-state index contributed by atoms with van der Waals surface area (Å²) >= 11 is 0. The van der Waals surface area contributed by atoms with E-state index in [2.05, 4.69) is 27.0 Å². The summed E-state index contributed by atoms with van der Waals surface area (Å²) in [5.74, 6) is 2.00. The number of aliphatic imine (C=N–C) groups is 1. The number of guanidine groups is 1. The van der Waals surface area contributed by atoms with Gasteiger partial charge in [-0.3, -0.25) is 0 Å². The lowest BCUT2D eigenvalue weighted by molar-refractivity contribution is 0.371. The summed E-state index contributed by atoms with van der Waals surface area (Å²) < 4.78 is 22.8. The molecule has 0 atom stereocenters. The Labute approximate surface area is 196 Å². The first kappa shape index (κ1) is 24.4. The van der Waals surface area contributed by atoms with E-state index in [4.69, 9.17) is 4.99 Å². The van der Waals surface area contributed by atoms with Crippen LogP contribution in [0.5, 0.6) is 0 Å². The summed E-state index contributed by atoms with van der Waals surface area (Å²) in [5, 5.41) is 3.38. The summed E-state index contributed by atoms with van der Waals surface area (Å²) in [6.45, 7) is 7.02. The predicted molar refractivity (Wildman–Crippen MR) is 133 cm³/mol. The van der Waals surface area contributed by atoms with Crippen molar-refractivity contribution in [1.82, 2.24) is 15.2 Å². The normalized spacial score (nSPS) is 14.9. The number of nitrogens with zero attached hydrogens (tertiary/aromatic N) is 4. The van der Waals surface area contributed by atoms with Crippen molar-refractivity contribution >= 4 is 45.6 Å². The molecular weight excluding hydrogens is 513 g/mol. The van der Waals surface area contributed by atoms with Gasteiger partial charge in [0, 0.05) is 45.2 Å². The largest absolute Gasteiger partial charge is 0.357 e. The van der Waals surface area contributed by atoms with E-state index in [0.29, 0.717) is 6.54 Å². The van der Waals surface area contributed by atoms with Gasteiger partial charge < -0.3 is 15.1 Å². The van der Waals surface area contributed by atoms with Crippen LogP contribution in [0.4, 0.5) is 5.82 Å². The Morgan fingerprint density at radius 3 is 2.30 bits per heavy atom. The SMILES string of the molecule is CCNC(=NCc1ccc(CS(C)(=O)=O)cc1)N1CCN(c2ccccn2)CC1.I. The van der Waals surface area contributed by atoms with Crippen molar-refractivity contribution in [2.45, 2.75) is 19.2 Å². The molecule has 1 saturated heterocycles. The van der Waals surface area contributed by atoms with Gasteiger partial charge in [0.1, 0.15) is 5.82 Å². The number of aromatic nitrogens is 1. The van der Waals surface area contributed by atoms with Gasteiger partial charge in [0.05, 0.1) is 12.3 Å². The second-order valence-corrected chi connectivity index (χ2v) is 9.36. The number of halogens is 1. The Kier molecular flexibility index (Phi) is 9.35. The third-order valence-electron chi connectivity index (χ3n) is 4.75. The number of benzene rings is 1. The molecule has 0 unspecified atom stereocenters. The smallest absolute Gasteiger partial charge is 0.194 e. The van der Waals surface area contributed by atoms with Gasteiger partial charge >= 0.3 is 0 Å². The summed E-state index contributed by atoms with van der Waals surface area (Å²) in [6, 6.07) is 13.6. The first-order valence-electron chi connectivity index (χ1n) is 9.89. The van der Waals surface area contributed by atoms with Crippen LogP contribution in [-0.4, -0.2) is 63.2 Å². The molecule has 1 aliphatic heterocycles. The highest BCUT2D eigenvalue weighted by molar-refractivity contribution is 14.0. The second-order valence-electron chi connectivity index (χ2n) is 7.22. The first-order valence-corrected chi connectivity index (χ1v) is 12.0. The fourth-order valence-corrected chi connectivity index (χ4v) is 4.12. The van der Waals surface area contributed by atoms with Crippen molar-refractivity contribution in [3.8, 4) is 0 Å². The van der Waals surface area contributed by atoms with Crippen LogP contribution in [0.1, 0.15) is 18.1 Å². The molecule has 1 aliphatic rings. The fourth-order valence-electron chi connectivity index (χ4n) is 3.32. The van der Waals surface area contributed by atoms with Gasteiger partial charge in [-0.15, -0.1) is 24.0 Å². The summed E-state index contributed by atoms with van der Waals surface area (Å²) in [5.41, 5.74) is 1.86. The van der Waals surface area contributed by atoms with Gasteiger partial charge in [-0.05, 0) is 30.2 Å². The predicted octanol–water partition coefficient (Wildman–Crippen LogP) is 2.53. The Hall–Kier alpha value is -1.88. The minimum atomic E-state index is -3.01. The van der Waals surface area contributed by atoms with Crippen molar-refractivity contribution in [2.24, 2.45) is 4.99 Å². The van der Waals surface area contributed by atoms with Crippen LogP contribution in [0.2, 0.25) is 0 Å². The lowest BCUT2D eigenvalue weighted by Crippen LogP contribution is -2.52.